The van der Waals surface area contributed by atoms with Gasteiger partial charge in [0.2, 0.25) is 5.75 Å². The van der Waals surface area contributed by atoms with Gasteiger partial charge in [0.25, 0.3) is 5.69 Å². The summed E-state index contributed by atoms with van der Waals surface area (Å²) in [7, 11) is 0. The highest BCUT2D eigenvalue weighted by molar-refractivity contribution is 5.95. The highest BCUT2D eigenvalue weighted by atomic mass is 16.6. The highest BCUT2D eigenvalue weighted by Gasteiger charge is 2.34. The van der Waals surface area contributed by atoms with Crippen LogP contribution in [-0.2, 0) is 36.7 Å². The Labute approximate surface area is 200 Å². The number of nitrogens with zero attached hydrogens (tertiary/aromatic N) is 2. The van der Waals surface area contributed by atoms with Crippen molar-refractivity contribution >= 4 is 29.3 Å². The van der Waals surface area contributed by atoms with Crippen LogP contribution in [0.2, 0.25) is 0 Å². The molecule has 0 N–H and O–H groups in total. The van der Waals surface area contributed by atoms with Gasteiger partial charge in [-0.25, -0.2) is 0 Å². The van der Waals surface area contributed by atoms with Crippen LogP contribution in [-0.4, -0.2) is 41.0 Å². The minimum atomic E-state index is -1.45. The summed E-state index contributed by atoms with van der Waals surface area (Å²) < 4.78 is 15.0. The maximum atomic E-state index is 12.4. The average Bonchev–Trinajstić information content (AvgIpc) is 2.81. The predicted octanol–water partition coefficient (Wildman–Crippen LogP) is 3.33. The normalized spacial score (nSPS) is 10.5. The predicted molar refractivity (Wildman–Crippen MR) is 121 cm³/mol. The summed E-state index contributed by atoms with van der Waals surface area (Å²) in [6, 6.07) is 9.79. The molecule has 0 bridgehead atoms. The van der Waals surface area contributed by atoms with E-state index in [-0.39, 0.29) is 43.1 Å². The third-order valence-corrected chi connectivity index (χ3v) is 4.84. The molecule has 0 aliphatic rings. The van der Waals surface area contributed by atoms with Crippen LogP contribution in [0.25, 0.3) is 0 Å². The second-order valence-electron chi connectivity index (χ2n) is 7.14. The molecule has 0 saturated carbocycles. The van der Waals surface area contributed by atoms with E-state index in [9.17, 15) is 34.6 Å². The van der Waals surface area contributed by atoms with E-state index in [1.54, 1.807) is 19.9 Å². The fourth-order valence-electron chi connectivity index (χ4n) is 3.30. The summed E-state index contributed by atoms with van der Waals surface area (Å²) in [5.41, 5.74) is -0.475. The number of rotatable bonds is 12. The second kappa shape index (κ2) is 12.8. The van der Waals surface area contributed by atoms with Gasteiger partial charge in [-0.2, -0.15) is 0 Å². The molecule has 0 fully saturated rings. The van der Waals surface area contributed by atoms with Crippen LogP contribution in [0, 0.1) is 26.1 Å². The minimum Gasteiger partial charge on any atom is -0.465 e. The molecule has 186 valence electrons. The molecular weight excluding hydrogens is 464 g/mol. The van der Waals surface area contributed by atoms with Crippen molar-refractivity contribution in [1.82, 2.24) is 0 Å². The molecule has 0 radical (unpaired) electrons. The SMILES string of the molecule is CCOC(=O)C(Cc1cccc(OC(=O)CCc2ccccc2[N+](=O)[O-])c1[N+](=O)[O-])C(=O)OCC. The maximum absolute atomic E-state index is 12.4. The zero-order valence-corrected chi connectivity index (χ0v) is 19.1. The van der Waals surface area contributed by atoms with Gasteiger partial charge in [-0.3, -0.25) is 34.6 Å². The number of carbonyl (C=O) groups is 3. The van der Waals surface area contributed by atoms with Gasteiger partial charge < -0.3 is 14.2 Å². The van der Waals surface area contributed by atoms with Crippen molar-refractivity contribution in [2.75, 3.05) is 13.2 Å². The lowest BCUT2D eigenvalue weighted by Crippen LogP contribution is -2.30. The molecule has 12 nitrogen and oxygen atoms in total. The number of hydrogen-bond donors (Lipinski definition) is 0. The summed E-state index contributed by atoms with van der Waals surface area (Å²) >= 11 is 0. The monoisotopic (exact) mass is 488 g/mol. The fourth-order valence-corrected chi connectivity index (χ4v) is 3.30. The minimum absolute atomic E-state index is 0.00589. The van der Waals surface area contributed by atoms with Gasteiger partial charge in [0.1, 0.15) is 0 Å². The molecule has 0 atom stereocenters. The Morgan fingerprint density at radius 2 is 1.46 bits per heavy atom. The molecule has 2 aromatic rings. The van der Waals surface area contributed by atoms with E-state index in [2.05, 4.69) is 0 Å². The largest absolute Gasteiger partial charge is 0.465 e. The van der Waals surface area contributed by atoms with Crippen molar-refractivity contribution in [3.8, 4) is 5.75 Å². The summed E-state index contributed by atoms with van der Waals surface area (Å²) in [6.45, 7) is 3.08. The zero-order chi connectivity index (χ0) is 26.0. The summed E-state index contributed by atoms with van der Waals surface area (Å²) in [4.78, 5) is 58.5. The Hall–Kier alpha value is -4.35. The van der Waals surface area contributed by atoms with Crippen molar-refractivity contribution < 1.29 is 38.4 Å². The molecule has 2 aromatic carbocycles. The van der Waals surface area contributed by atoms with E-state index < -0.39 is 45.8 Å². The summed E-state index contributed by atoms with van der Waals surface area (Å²) in [5.74, 6) is -4.47. The Morgan fingerprint density at radius 1 is 0.857 bits per heavy atom. The lowest BCUT2D eigenvalue weighted by atomic mass is 9.97. The fraction of sp³-hybridized carbons (Fsp3) is 0.348. The van der Waals surface area contributed by atoms with Crippen molar-refractivity contribution in [3.63, 3.8) is 0 Å². The summed E-state index contributed by atoms with van der Waals surface area (Å²) in [6.07, 6.45) is -0.701. The first-order valence-corrected chi connectivity index (χ1v) is 10.7. The number of nitro groups is 2. The first kappa shape index (κ1) is 26.9. The standard InChI is InChI=1S/C23H24N2O10/c1-3-33-22(27)17(23(28)34-4-2)14-16-9-7-11-19(21(16)25(31)32)35-20(26)13-12-15-8-5-6-10-18(15)24(29)30/h5-11,17H,3-4,12-14H2,1-2H3. The zero-order valence-electron chi connectivity index (χ0n) is 19.1. The Kier molecular flexibility index (Phi) is 9.82. The number of aryl methyl sites for hydroxylation is 1. The number of hydrogen-bond acceptors (Lipinski definition) is 10. The second-order valence-corrected chi connectivity index (χ2v) is 7.14. The van der Waals surface area contributed by atoms with Gasteiger partial charge in [0, 0.05) is 23.6 Å². The average molecular weight is 488 g/mol. The Morgan fingerprint density at radius 3 is 2.03 bits per heavy atom. The van der Waals surface area contributed by atoms with Gasteiger partial charge >= 0.3 is 23.6 Å². The molecular formula is C23H24N2O10. The smallest absolute Gasteiger partial charge is 0.320 e. The van der Waals surface area contributed by atoms with E-state index in [1.807, 2.05) is 0 Å². The van der Waals surface area contributed by atoms with Gasteiger partial charge in [-0.1, -0.05) is 30.3 Å². The van der Waals surface area contributed by atoms with Gasteiger partial charge in [-0.15, -0.1) is 0 Å². The number of esters is 3. The van der Waals surface area contributed by atoms with Crippen LogP contribution in [0.15, 0.2) is 42.5 Å². The first-order chi connectivity index (χ1) is 16.7. The van der Waals surface area contributed by atoms with Crippen molar-refractivity contribution in [1.29, 1.82) is 0 Å². The van der Waals surface area contributed by atoms with E-state index in [0.717, 1.165) is 0 Å². The quantitative estimate of drug-likeness (QED) is 0.142. The van der Waals surface area contributed by atoms with Crippen LogP contribution >= 0.6 is 0 Å². The van der Waals surface area contributed by atoms with E-state index in [4.69, 9.17) is 14.2 Å². The van der Waals surface area contributed by atoms with Crippen LogP contribution in [0.3, 0.4) is 0 Å². The molecule has 0 amide bonds. The van der Waals surface area contributed by atoms with E-state index in [0.29, 0.717) is 5.56 Å². The van der Waals surface area contributed by atoms with Gasteiger partial charge in [-0.05, 0) is 26.3 Å². The lowest BCUT2D eigenvalue weighted by molar-refractivity contribution is -0.386. The molecule has 0 spiro atoms. The number of nitro benzene ring substituents is 2. The molecule has 0 saturated heterocycles. The van der Waals surface area contributed by atoms with Gasteiger partial charge in [0.15, 0.2) is 5.92 Å². The maximum Gasteiger partial charge on any atom is 0.320 e. The topological polar surface area (TPSA) is 165 Å². The van der Waals surface area contributed by atoms with Gasteiger partial charge in [0.05, 0.1) is 29.5 Å². The third kappa shape index (κ3) is 7.32. The molecule has 0 heterocycles. The number of ether oxygens (including phenoxy) is 3. The first-order valence-electron chi connectivity index (χ1n) is 10.7. The lowest BCUT2D eigenvalue weighted by Gasteiger charge is -2.15. The molecule has 35 heavy (non-hydrogen) atoms. The summed E-state index contributed by atoms with van der Waals surface area (Å²) in [5, 5.41) is 22.9. The highest BCUT2D eigenvalue weighted by Crippen LogP contribution is 2.33. The molecule has 0 unspecified atom stereocenters. The number of para-hydroxylation sites is 2. The molecule has 0 aliphatic carbocycles. The molecule has 12 heteroatoms. The van der Waals surface area contributed by atoms with Crippen molar-refractivity contribution in [2.45, 2.75) is 33.1 Å². The van der Waals surface area contributed by atoms with Crippen molar-refractivity contribution in [3.05, 3.63) is 73.8 Å². The van der Waals surface area contributed by atoms with Crippen LogP contribution in [0.4, 0.5) is 11.4 Å². The van der Waals surface area contributed by atoms with Crippen molar-refractivity contribution in [2.24, 2.45) is 5.92 Å². The molecule has 2 rings (SSSR count). The number of benzene rings is 2. The molecule has 0 aliphatic heterocycles. The van der Waals surface area contributed by atoms with E-state index >= 15 is 0 Å². The molecule has 0 aromatic heterocycles. The van der Waals surface area contributed by atoms with Crippen LogP contribution in [0.1, 0.15) is 31.4 Å². The van der Waals surface area contributed by atoms with Crippen LogP contribution < -0.4 is 4.74 Å². The Bertz CT molecular complexity index is 1100. The van der Waals surface area contributed by atoms with E-state index in [1.165, 1.54) is 36.4 Å². The third-order valence-electron chi connectivity index (χ3n) is 4.84. The number of carbonyl (C=O) groups excluding carboxylic acids is 3. The van der Waals surface area contributed by atoms with Crippen LogP contribution in [0.5, 0.6) is 5.75 Å². The Balaban J connectivity index is 2.26.